The third-order valence-electron chi connectivity index (χ3n) is 6.90. The van der Waals surface area contributed by atoms with Crippen molar-refractivity contribution in [3.05, 3.63) is 28.7 Å². The topological polar surface area (TPSA) is 46.5 Å². The molecule has 114 valence electrons. The van der Waals surface area contributed by atoms with Crippen LogP contribution in [0.1, 0.15) is 39.0 Å². The number of fused-ring (bicyclic) bond motifs is 5. The van der Waals surface area contributed by atoms with Gasteiger partial charge in [-0.15, -0.1) is 0 Å². The van der Waals surface area contributed by atoms with Crippen LogP contribution in [-0.2, 0) is 4.79 Å². The van der Waals surface area contributed by atoms with Crippen molar-refractivity contribution in [2.45, 2.75) is 50.4 Å². The lowest BCUT2D eigenvalue weighted by molar-refractivity contribution is -0.110. The SMILES string of the molecule is [B]C1(C)CCC2C3CCC4=CC(=O)C=C[C@@H]4C3[C@@H](N=O)C[C@@H]21. The molecule has 22 heavy (non-hydrogen) atoms. The van der Waals surface area contributed by atoms with Crippen LogP contribution >= 0.6 is 0 Å². The molecule has 4 unspecified atom stereocenters. The Morgan fingerprint density at radius 2 is 2.14 bits per heavy atom. The maximum Gasteiger partial charge on any atom is 0.178 e. The minimum Gasteiger partial charge on any atom is -0.290 e. The summed E-state index contributed by atoms with van der Waals surface area (Å²) in [7, 11) is 6.51. The van der Waals surface area contributed by atoms with Crippen molar-refractivity contribution in [1.29, 1.82) is 0 Å². The quantitative estimate of drug-likeness (QED) is 0.548. The molecule has 0 amide bonds. The number of carbonyl (C=O) groups is 1. The van der Waals surface area contributed by atoms with Crippen LogP contribution in [0.3, 0.4) is 0 Å². The monoisotopic (exact) mass is 295 g/mol. The van der Waals surface area contributed by atoms with Crippen molar-refractivity contribution in [3.8, 4) is 0 Å². The first-order valence-corrected chi connectivity index (χ1v) is 8.55. The van der Waals surface area contributed by atoms with E-state index in [0.717, 1.165) is 25.7 Å². The van der Waals surface area contributed by atoms with Gasteiger partial charge < -0.3 is 0 Å². The maximum absolute atomic E-state index is 11.6. The van der Waals surface area contributed by atoms with Gasteiger partial charge in [0.15, 0.2) is 5.78 Å². The van der Waals surface area contributed by atoms with E-state index in [-0.39, 0.29) is 29.0 Å². The molecule has 7 atom stereocenters. The van der Waals surface area contributed by atoms with Gasteiger partial charge in [0.05, 0.1) is 13.9 Å². The second kappa shape index (κ2) is 4.91. The predicted molar refractivity (Wildman–Crippen MR) is 86.5 cm³/mol. The summed E-state index contributed by atoms with van der Waals surface area (Å²) >= 11 is 0. The molecule has 0 aromatic heterocycles. The maximum atomic E-state index is 11.6. The third kappa shape index (κ3) is 1.99. The summed E-state index contributed by atoms with van der Waals surface area (Å²) in [6, 6.07) is -0.154. The Labute approximate surface area is 133 Å². The summed E-state index contributed by atoms with van der Waals surface area (Å²) < 4.78 is 0. The largest absolute Gasteiger partial charge is 0.290 e. The number of nitroso groups, excluding NO2 is 1. The van der Waals surface area contributed by atoms with E-state index in [1.54, 1.807) is 12.2 Å². The van der Waals surface area contributed by atoms with E-state index in [9.17, 15) is 9.70 Å². The highest BCUT2D eigenvalue weighted by atomic mass is 16.3. The molecule has 0 aromatic rings. The molecule has 0 aliphatic heterocycles. The van der Waals surface area contributed by atoms with E-state index in [4.69, 9.17) is 7.85 Å². The Bertz CT molecular complexity index is 580. The summed E-state index contributed by atoms with van der Waals surface area (Å²) in [6.45, 7) is 2.15. The van der Waals surface area contributed by atoms with Crippen LogP contribution in [0.5, 0.6) is 0 Å². The number of carbonyl (C=O) groups excluding carboxylic acids is 1. The molecule has 4 heteroatoms. The smallest absolute Gasteiger partial charge is 0.178 e. The molecule has 3 fully saturated rings. The number of allylic oxidation sites excluding steroid dienone is 4. The molecule has 4 rings (SSSR count). The minimum atomic E-state index is -0.154. The first-order chi connectivity index (χ1) is 10.5. The number of ketones is 1. The minimum absolute atomic E-state index is 0.0874. The van der Waals surface area contributed by atoms with Crippen LogP contribution in [0.25, 0.3) is 0 Å². The van der Waals surface area contributed by atoms with Crippen molar-refractivity contribution in [2.24, 2.45) is 34.8 Å². The summed E-state index contributed by atoms with van der Waals surface area (Å²) in [4.78, 5) is 23.2. The number of nitrogens with zero attached hydrogens (tertiary/aromatic N) is 1. The molecule has 0 bridgehead atoms. The van der Waals surface area contributed by atoms with E-state index < -0.39 is 0 Å². The Morgan fingerprint density at radius 1 is 1.32 bits per heavy atom. The van der Waals surface area contributed by atoms with Crippen LogP contribution in [-0.4, -0.2) is 19.7 Å². The second-order valence-electron chi connectivity index (χ2n) is 8.01. The van der Waals surface area contributed by atoms with Crippen molar-refractivity contribution < 1.29 is 4.79 Å². The van der Waals surface area contributed by atoms with Gasteiger partial charge >= 0.3 is 0 Å². The van der Waals surface area contributed by atoms with Crippen LogP contribution in [0, 0.1) is 34.5 Å². The van der Waals surface area contributed by atoms with E-state index in [1.165, 1.54) is 12.0 Å². The zero-order chi connectivity index (χ0) is 15.5. The zero-order valence-electron chi connectivity index (χ0n) is 13.1. The van der Waals surface area contributed by atoms with Crippen molar-refractivity contribution >= 4 is 13.6 Å². The molecule has 4 aliphatic rings. The van der Waals surface area contributed by atoms with E-state index in [1.807, 2.05) is 6.08 Å². The summed E-state index contributed by atoms with van der Waals surface area (Å²) in [5, 5.41) is 3.37. The van der Waals surface area contributed by atoms with Crippen LogP contribution in [0.4, 0.5) is 0 Å². The lowest BCUT2D eigenvalue weighted by Crippen LogP contribution is -2.48. The Kier molecular flexibility index (Phi) is 3.21. The fourth-order valence-corrected chi connectivity index (χ4v) is 5.92. The molecule has 0 heterocycles. The predicted octanol–water partition coefficient (Wildman–Crippen LogP) is 3.61. The van der Waals surface area contributed by atoms with Crippen LogP contribution in [0.15, 0.2) is 29.0 Å². The highest BCUT2D eigenvalue weighted by Gasteiger charge is 2.55. The zero-order valence-corrected chi connectivity index (χ0v) is 13.1. The molecule has 0 aromatic carbocycles. The fourth-order valence-electron chi connectivity index (χ4n) is 5.92. The van der Waals surface area contributed by atoms with Gasteiger partial charge in [0.1, 0.15) is 0 Å². The summed E-state index contributed by atoms with van der Waals surface area (Å²) in [5.41, 5.74) is 1.22. The van der Waals surface area contributed by atoms with Gasteiger partial charge in [-0.25, -0.2) is 0 Å². The lowest BCUT2D eigenvalue weighted by Gasteiger charge is -2.51. The first kappa shape index (κ1) is 14.4. The molecule has 0 saturated heterocycles. The Hall–Kier alpha value is -1.19. The summed E-state index contributed by atoms with van der Waals surface area (Å²) in [6.07, 6.45) is 10.6. The Balaban J connectivity index is 1.70. The number of hydrogen-bond donors (Lipinski definition) is 0. The summed E-state index contributed by atoms with van der Waals surface area (Å²) in [5.74, 6) is 2.19. The van der Waals surface area contributed by atoms with Gasteiger partial charge in [-0.1, -0.05) is 41.9 Å². The molecule has 4 aliphatic carbocycles. The van der Waals surface area contributed by atoms with E-state index in [2.05, 4.69) is 12.1 Å². The highest BCUT2D eigenvalue weighted by Crippen LogP contribution is 2.63. The van der Waals surface area contributed by atoms with Gasteiger partial charge in [0.2, 0.25) is 0 Å². The van der Waals surface area contributed by atoms with Crippen LogP contribution in [0.2, 0.25) is 5.31 Å². The Morgan fingerprint density at radius 3 is 2.91 bits per heavy atom. The van der Waals surface area contributed by atoms with Crippen molar-refractivity contribution in [1.82, 2.24) is 0 Å². The molecule has 3 nitrogen and oxygen atoms in total. The average molecular weight is 295 g/mol. The van der Waals surface area contributed by atoms with Crippen molar-refractivity contribution in [2.75, 3.05) is 0 Å². The van der Waals surface area contributed by atoms with Gasteiger partial charge in [-0.2, -0.15) is 4.91 Å². The molecular formula is C18H22BNO2. The second-order valence-corrected chi connectivity index (χ2v) is 8.01. The van der Waals surface area contributed by atoms with Gasteiger partial charge in [0.25, 0.3) is 0 Å². The van der Waals surface area contributed by atoms with Gasteiger partial charge in [0, 0.05) is 5.92 Å². The van der Waals surface area contributed by atoms with Gasteiger partial charge in [-0.05, 0) is 55.1 Å². The van der Waals surface area contributed by atoms with Gasteiger partial charge in [-0.3, -0.25) is 4.79 Å². The van der Waals surface area contributed by atoms with E-state index in [0.29, 0.717) is 17.8 Å². The standard InChI is InChI=1S/C18H22BNO2/c1-18(19)7-6-13-14-4-2-10-8-11(21)3-5-12(10)17(14)16(20-22)9-15(13)18/h3,5,8,12-17H,2,4,6-7,9H2,1H3/t12-,13?,14?,15-,16-,17?,18?/m0/s1. The molecule has 2 radical (unpaired) electrons. The normalized spacial score (nSPS) is 49.9. The number of hydrogen-bond acceptors (Lipinski definition) is 3. The molecular weight excluding hydrogens is 273 g/mol. The molecule has 3 saturated carbocycles. The lowest BCUT2D eigenvalue weighted by atomic mass is 9.51. The van der Waals surface area contributed by atoms with Crippen LogP contribution < -0.4 is 0 Å². The first-order valence-electron chi connectivity index (χ1n) is 8.55. The molecule has 0 N–H and O–H groups in total. The number of rotatable bonds is 1. The van der Waals surface area contributed by atoms with E-state index >= 15 is 0 Å². The fraction of sp³-hybridized carbons (Fsp3) is 0.722. The van der Waals surface area contributed by atoms with Crippen molar-refractivity contribution in [3.63, 3.8) is 0 Å². The highest BCUT2D eigenvalue weighted by molar-refractivity contribution is 6.15. The third-order valence-corrected chi connectivity index (χ3v) is 6.90. The average Bonchev–Trinajstić information content (AvgIpc) is 2.81. The molecule has 0 spiro atoms.